The van der Waals surface area contributed by atoms with E-state index < -0.39 is 0 Å². The standard InChI is InChI=1S/C14H21NO2/c15-13-8-4-5-9-14(13)17-11-10-16-12-6-2-1-3-7-12/h4-5,8-9,12H,1-3,6-7,10-11,15H2. The number of nitrogens with two attached hydrogens (primary N) is 1. The minimum atomic E-state index is 0.445. The Kier molecular flexibility index (Phi) is 4.68. The summed E-state index contributed by atoms with van der Waals surface area (Å²) in [6.07, 6.45) is 6.81. The molecule has 2 N–H and O–H groups in total. The summed E-state index contributed by atoms with van der Waals surface area (Å²) in [5.74, 6) is 0.750. The molecule has 0 spiro atoms. The first-order valence-corrected chi connectivity index (χ1v) is 6.45. The third-order valence-corrected chi connectivity index (χ3v) is 3.17. The van der Waals surface area contributed by atoms with Crippen molar-refractivity contribution in [3.63, 3.8) is 0 Å². The fourth-order valence-corrected chi connectivity index (χ4v) is 2.21. The van der Waals surface area contributed by atoms with Crippen molar-refractivity contribution in [2.75, 3.05) is 18.9 Å². The van der Waals surface area contributed by atoms with Crippen LogP contribution in [0.1, 0.15) is 32.1 Å². The van der Waals surface area contributed by atoms with Gasteiger partial charge in [0.05, 0.1) is 18.4 Å². The molecule has 3 nitrogen and oxygen atoms in total. The molecule has 94 valence electrons. The number of benzene rings is 1. The summed E-state index contributed by atoms with van der Waals surface area (Å²) in [5, 5.41) is 0. The summed E-state index contributed by atoms with van der Waals surface area (Å²) in [4.78, 5) is 0. The lowest BCUT2D eigenvalue weighted by atomic mass is 9.98. The smallest absolute Gasteiger partial charge is 0.142 e. The molecule has 2 rings (SSSR count). The lowest BCUT2D eigenvalue weighted by Gasteiger charge is -2.22. The Morgan fingerprint density at radius 3 is 2.59 bits per heavy atom. The molecule has 3 heteroatoms. The number of rotatable bonds is 5. The third-order valence-electron chi connectivity index (χ3n) is 3.17. The van der Waals surface area contributed by atoms with Crippen molar-refractivity contribution < 1.29 is 9.47 Å². The van der Waals surface area contributed by atoms with E-state index in [-0.39, 0.29) is 0 Å². The number of para-hydroxylation sites is 2. The summed E-state index contributed by atoms with van der Waals surface area (Å²) in [5.41, 5.74) is 6.47. The highest BCUT2D eigenvalue weighted by molar-refractivity contribution is 5.51. The average Bonchev–Trinajstić information content (AvgIpc) is 2.38. The topological polar surface area (TPSA) is 44.5 Å². The minimum Gasteiger partial charge on any atom is -0.489 e. The van der Waals surface area contributed by atoms with Crippen LogP contribution in [0.2, 0.25) is 0 Å². The monoisotopic (exact) mass is 235 g/mol. The van der Waals surface area contributed by atoms with Gasteiger partial charge in [-0.3, -0.25) is 0 Å². The van der Waals surface area contributed by atoms with Crippen molar-refractivity contribution in [3.8, 4) is 5.75 Å². The van der Waals surface area contributed by atoms with Crippen molar-refractivity contribution in [3.05, 3.63) is 24.3 Å². The zero-order valence-corrected chi connectivity index (χ0v) is 10.2. The van der Waals surface area contributed by atoms with E-state index in [1.165, 1.54) is 32.1 Å². The number of nitrogen functional groups attached to an aromatic ring is 1. The van der Waals surface area contributed by atoms with E-state index in [0.29, 0.717) is 25.0 Å². The van der Waals surface area contributed by atoms with E-state index in [9.17, 15) is 0 Å². The molecule has 1 aromatic carbocycles. The van der Waals surface area contributed by atoms with Gasteiger partial charge in [-0.25, -0.2) is 0 Å². The third kappa shape index (κ3) is 3.93. The zero-order chi connectivity index (χ0) is 11.9. The van der Waals surface area contributed by atoms with Crippen molar-refractivity contribution in [1.29, 1.82) is 0 Å². The summed E-state index contributed by atoms with van der Waals surface area (Å²) >= 11 is 0. The second-order valence-corrected chi connectivity index (χ2v) is 4.52. The lowest BCUT2D eigenvalue weighted by Crippen LogP contribution is -2.19. The summed E-state index contributed by atoms with van der Waals surface area (Å²) < 4.78 is 11.4. The first-order chi connectivity index (χ1) is 8.36. The van der Waals surface area contributed by atoms with Gasteiger partial charge in [-0.1, -0.05) is 31.4 Å². The average molecular weight is 235 g/mol. The number of hydrogen-bond acceptors (Lipinski definition) is 3. The van der Waals surface area contributed by atoms with E-state index in [2.05, 4.69) is 0 Å². The van der Waals surface area contributed by atoms with Gasteiger partial charge in [0.15, 0.2) is 0 Å². The van der Waals surface area contributed by atoms with Crippen LogP contribution in [-0.2, 0) is 4.74 Å². The summed E-state index contributed by atoms with van der Waals surface area (Å²) in [7, 11) is 0. The van der Waals surface area contributed by atoms with E-state index in [4.69, 9.17) is 15.2 Å². The first-order valence-electron chi connectivity index (χ1n) is 6.45. The second-order valence-electron chi connectivity index (χ2n) is 4.52. The molecule has 0 aromatic heterocycles. The molecule has 0 amide bonds. The molecule has 0 heterocycles. The largest absolute Gasteiger partial charge is 0.489 e. The Morgan fingerprint density at radius 1 is 1.06 bits per heavy atom. The maximum Gasteiger partial charge on any atom is 0.142 e. The quantitative estimate of drug-likeness (QED) is 0.630. The van der Waals surface area contributed by atoms with Gasteiger partial charge in [-0.05, 0) is 25.0 Å². The molecule has 0 radical (unpaired) electrons. The number of hydrogen-bond donors (Lipinski definition) is 1. The van der Waals surface area contributed by atoms with Crippen LogP contribution in [0.4, 0.5) is 5.69 Å². The Balaban J connectivity index is 1.64. The van der Waals surface area contributed by atoms with Crippen LogP contribution in [0.3, 0.4) is 0 Å². The van der Waals surface area contributed by atoms with Crippen molar-refractivity contribution >= 4 is 5.69 Å². The SMILES string of the molecule is Nc1ccccc1OCCOC1CCCCC1. The highest BCUT2D eigenvalue weighted by Crippen LogP contribution is 2.21. The molecule has 0 unspecified atom stereocenters. The highest BCUT2D eigenvalue weighted by Gasteiger charge is 2.13. The molecule has 1 saturated carbocycles. The molecular weight excluding hydrogens is 214 g/mol. The van der Waals surface area contributed by atoms with E-state index in [1.807, 2.05) is 24.3 Å². The van der Waals surface area contributed by atoms with Crippen LogP contribution in [0.25, 0.3) is 0 Å². The molecule has 0 bridgehead atoms. The summed E-state index contributed by atoms with van der Waals surface area (Å²) in [6, 6.07) is 7.56. The van der Waals surface area contributed by atoms with Gasteiger partial charge in [0.25, 0.3) is 0 Å². The maximum atomic E-state index is 5.78. The van der Waals surface area contributed by atoms with Crippen LogP contribution in [0.5, 0.6) is 5.75 Å². The van der Waals surface area contributed by atoms with Crippen LogP contribution in [0.15, 0.2) is 24.3 Å². The molecule has 0 aliphatic heterocycles. The fourth-order valence-electron chi connectivity index (χ4n) is 2.21. The molecule has 1 aliphatic carbocycles. The molecule has 1 aromatic rings. The van der Waals surface area contributed by atoms with Crippen molar-refractivity contribution in [2.24, 2.45) is 0 Å². The summed E-state index contributed by atoms with van der Waals surface area (Å²) in [6.45, 7) is 1.23. The lowest BCUT2D eigenvalue weighted by molar-refractivity contribution is 0.0130. The van der Waals surface area contributed by atoms with Gasteiger partial charge in [0.2, 0.25) is 0 Å². The first kappa shape index (κ1) is 12.2. The van der Waals surface area contributed by atoms with E-state index in [0.717, 1.165) is 5.75 Å². The minimum absolute atomic E-state index is 0.445. The normalized spacial score (nSPS) is 16.9. The van der Waals surface area contributed by atoms with E-state index >= 15 is 0 Å². The van der Waals surface area contributed by atoms with Crippen LogP contribution >= 0.6 is 0 Å². The van der Waals surface area contributed by atoms with E-state index in [1.54, 1.807) is 0 Å². The van der Waals surface area contributed by atoms with Gasteiger partial charge in [0.1, 0.15) is 12.4 Å². The number of anilines is 1. The van der Waals surface area contributed by atoms with Gasteiger partial charge in [0, 0.05) is 0 Å². The Morgan fingerprint density at radius 2 is 1.82 bits per heavy atom. The van der Waals surface area contributed by atoms with Crippen LogP contribution in [-0.4, -0.2) is 19.3 Å². The molecule has 0 atom stereocenters. The van der Waals surface area contributed by atoms with Crippen molar-refractivity contribution in [2.45, 2.75) is 38.2 Å². The highest BCUT2D eigenvalue weighted by atomic mass is 16.5. The van der Waals surface area contributed by atoms with Gasteiger partial charge in [-0.15, -0.1) is 0 Å². The predicted octanol–water partition coefficient (Wildman–Crippen LogP) is 3.00. The zero-order valence-electron chi connectivity index (χ0n) is 10.2. The molecule has 1 aliphatic rings. The van der Waals surface area contributed by atoms with Crippen LogP contribution < -0.4 is 10.5 Å². The van der Waals surface area contributed by atoms with Gasteiger partial charge in [-0.2, -0.15) is 0 Å². The van der Waals surface area contributed by atoms with Gasteiger partial charge >= 0.3 is 0 Å². The Labute approximate surface area is 103 Å². The van der Waals surface area contributed by atoms with Crippen LogP contribution in [0, 0.1) is 0 Å². The molecule has 1 fully saturated rings. The van der Waals surface area contributed by atoms with Gasteiger partial charge < -0.3 is 15.2 Å². The Hall–Kier alpha value is -1.22. The molecule has 17 heavy (non-hydrogen) atoms. The second kappa shape index (κ2) is 6.50. The molecule has 0 saturated heterocycles. The number of ether oxygens (including phenoxy) is 2. The predicted molar refractivity (Wildman–Crippen MR) is 69.2 cm³/mol. The maximum absolute atomic E-state index is 5.78. The molecular formula is C14H21NO2. The Bertz CT molecular complexity index is 335. The fraction of sp³-hybridized carbons (Fsp3) is 0.571. The van der Waals surface area contributed by atoms with Crippen molar-refractivity contribution in [1.82, 2.24) is 0 Å².